The van der Waals surface area contributed by atoms with Crippen molar-refractivity contribution in [3.05, 3.63) is 35.6 Å². The minimum atomic E-state index is 0. The third-order valence-corrected chi connectivity index (χ3v) is 2.79. The van der Waals surface area contributed by atoms with E-state index in [9.17, 15) is 0 Å². The Morgan fingerprint density at radius 3 is 2.83 bits per heavy atom. The van der Waals surface area contributed by atoms with E-state index in [1.54, 1.807) is 13.3 Å². The Morgan fingerprint density at radius 1 is 1.39 bits per heavy atom. The summed E-state index contributed by atoms with van der Waals surface area (Å²) in [6.45, 7) is 1.29. The van der Waals surface area contributed by atoms with Crippen LogP contribution in [0.1, 0.15) is 0 Å². The van der Waals surface area contributed by atoms with Crippen molar-refractivity contribution in [3.63, 3.8) is 0 Å². The van der Waals surface area contributed by atoms with Crippen molar-refractivity contribution in [2.45, 2.75) is 6.54 Å². The molecule has 0 amide bonds. The van der Waals surface area contributed by atoms with Gasteiger partial charge in [-0.3, -0.25) is 4.68 Å². The highest BCUT2D eigenvalue weighted by Gasteiger charge is 2.05. The highest BCUT2D eigenvalue weighted by molar-refractivity contribution is 6.32. The number of nitrogens with two attached hydrogens (primary N) is 1. The molecule has 0 spiro atoms. The van der Waals surface area contributed by atoms with Crippen molar-refractivity contribution in [2.75, 3.05) is 13.7 Å². The summed E-state index contributed by atoms with van der Waals surface area (Å²) in [5.41, 5.74) is 7.52. The lowest BCUT2D eigenvalue weighted by molar-refractivity contribution is 0.415. The number of aromatic nitrogens is 2. The SMILES string of the molecule is COc1cc(-c2cnn(CCN)c2)ccc1Cl.Cl. The Bertz CT molecular complexity index is 514. The lowest BCUT2D eigenvalue weighted by Gasteiger charge is -2.04. The molecule has 18 heavy (non-hydrogen) atoms. The topological polar surface area (TPSA) is 53.1 Å². The molecule has 2 aromatic rings. The van der Waals surface area contributed by atoms with Gasteiger partial charge >= 0.3 is 0 Å². The van der Waals surface area contributed by atoms with Crippen LogP contribution in [0.5, 0.6) is 5.75 Å². The first-order valence-electron chi connectivity index (χ1n) is 5.31. The Labute approximate surface area is 117 Å². The molecule has 98 valence electrons. The van der Waals surface area contributed by atoms with Gasteiger partial charge in [0.25, 0.3) is 0 Å². The number of nitrogens with zero attached hydrogens (tertiary/aromatic N) is 2. The van der Waals surface area contributed by atoms with E-state index in [0.29, 0.717) is 23.9 Å². The van der Waals surface area contributed by atoms with Crippen LogP contribution in [0, 0.1) is 0 Å². The number of rotatable bonds is 4. The number of hydrogen-bond acceptors (Lipinski definition) is 3. The van der Waals surface area contributed by atoms with Gasteiger partial charge in [-0.25, -0.2) is 0 Å². The van der Waals surface area contributed by atoms with Crippen molar-refractivity contribution >= 4 is 24.0 Å². The van der Waals surface area contributed by atoms with Gasteiger partial charge in [-0.05, 0) is 17.7 Å². The molecule has 1 heterocycles. The minimum absolute atomic E-state index is 0. The second kappa shape index (κ2) is 6.64. The van der Waals surface area contributed by atoms with E-state index < -0.39 is 0 Å². The molecular formula is C12H15Cl2N3O. The normalized spacial score (nSPS) is 9.94. The van der Waals surface area contributed by atoms with Gasteiger partial charge in [-0.1, -0.05) is 17.7 Å². The molecule has 6 heteroatoms. The molecule has 0 aliphatic carbocycles. The van der Waals surface area contributed by atoms with Crippen LogP contribution in [0.15, 0.2) is 30.6 Å². The maximum Gasteiger partial charge on any atom is 0.138 e. The molecule has 1 aromatic heterocycles. The van der Waals surface area contributed by atoms with Crippen LogP contribution in [-0.2, 0) is 6.54 Å². The fourth-order valence-corrected chi connectivity index (χ4v) is 1.80. The number of benzene rings is 1. The quantitative estimate of drug-likeness (QED) is 0.940. The Hall–Kier alpha value is -1.23. The van der Waals surface area contributed by atoms with Gasteiger partial charge in [-0.15, -0.1) is 12.4 Å². The van der Waals surface area contributed by atoms with Gasteiger partial charge in [0.2, 0.25) is 0 Å². The maximum atomic E-state index is 5.98. The summed E-state index contributed by atoms with van der Waals surface area (Å²) in [5, 5.41) is 4.83. The van der Waals surface area contributed by atoms with Crippen molar-refractivity contribution in [3.8, 4) is 16.9 Å². The van der Waals surface area contributed by atoms with Crippen molar-refractivity contribution in [1.82, 2.24) is 9.78 Å². The van der Waals surface area contributed by atoms with E-state index >= 15 is 0 Å². The van der Waals surface area contributed by atoms with E-state index in [1.165, 1.54) is 0 Å². The molecule has 0 aliphatic rings. The zero-order chi connectivity index (χ0) is 12.3. The summed E-state index contributed by atoms with van der Waals surface area (Å²) < 4.78 is 7.00. The molecule has 1 aromatic carbocycles. The van der Waals surface area contributed by atoms with Crippen molar-refractivity contribution in [2.24, 2.45) is 5.73 Å². The maximum absolute atomic E-state index is 5.98. The summed E-state index contributed by atoms with van der Waals surface area (Å²) in [7, 11) is 1.60. The third kappa shape index (κ3) is 3.16. The highest BCUT2D eigenvalue weighted by Crippen LogP contribution is 2.29. The number of ether oxygens (including phenoxy) is 1. The minimum Gasteiger partial charge on any atom is -0.495 e. The van der Waals surface area contributed by atoms with Gasteiger partial charge in [0.1, 0.15) is 5.75 Å². The molecule has 0 bridgehead atoms. The van der Waals surface area contributed by atoms with E-state index in [4.69, 9.17) is 22.1 Å². The van der Waals surface area contributed by atoms with Gasteiger partial charge in [0, 0.05) is 18.3 Å². The zero-order valence-corrected chi connectivity index (χ0v) is 11.5. The summed E-state index contributed by atoms with van der Waals surface area (Å²) in [6.07, 6.45) is 3.76. The van der Waals surface area contributed by atoms with Crippen LogP contribution in [0.4, 0.5) is 0 Å². The largest absolute Gasteiger partial charge is 0.495 e. The lowest BCUT2D eigenvalue weighted by Crippen LogP contribution is -2.09. The van der Waals surface area contributed by atoms with Crippen LogP contribution >= 0.6 is 24.0 Å². The molecule has 0 unspecified atom stereocenters. The van der Waals surface area contributed by atoms with E-state index in [0.717, 1.165) is 11.1 Å². The van der Waals surface area contributed by atoms with E-state index in [1.807, 2.05) is 29.1 Å². The highest BCUT2D eigenvalue weighted by atomic mass is 35.5. The van der Waals surface area contributed by atoms with E-state index in [-0.39, 0.29) is 12.4 Å². The average Bonchev–Trinajstić information content (AvgIpc) is 2.79. The van der Waals surface area contributed by atoms with Crippen LogP contribution in [-0.4, -0.2) is 23.4 Å². The van der Waals surface area contributed by atoms with Crippen molar-refractivity contribution < 1.29 is 4.74 Å². The molecule has 0 radical (unpaired) electrons. The van der Waals surface area contributed by atoms with Crippen LogP contribution in [0.3, 0.4) is 0 Å². The summed E-state index contributed by atoms with van der Waals surface area (Å²) in [5.74, 6) is 0.663. The second-order valence-corrected chi connectivity index (χ2v) is 4.04. The molecule has 0 fully saturated rings. The molecular weight excluding hydrogens is 273 g/mol. The van der Waals surface area contributed by atoms with Crippen LogP contribution in [0.2, 0.25) is 5.02 Å². The molecule has 0 atom stereocenters. The molecule has 2 N–H and O–H groups in total. The first kappa shape index (κ1) is 14.8. The van der Waals surface area contributed by atoms with Crippen molar-refractivity contribution in [1.29, 1.82) is 0 Å². The number of halogens is 2. The molecule has 4 nitrogen and oxygen atoms in total. The van der Waals surface area contributed by atoms with Gasteiger partial charge < -0.3 is 10.5 Å². The van der Waals surface area contributed by atoms with Crippen LogP contribution < -0.4 is 10.5 Å². The predicted octanol–water partition coefficient (Wildman–Crippen LogP) is 2.59. The van der Waals surface area contributed by atoms with Crippen LogP contribution in [0.25, 0.3) is 11.1 Å². The fraction of sp³-hybridized carbons (Fsp3) is 0.250. The average molecular weight is 288 g/mol. The Morgan fingerprint density at radius 2 is 2.17 bits per heavy atom. The standard InChI is InChI=1S/C12H14ClN3O.ClH/c1-17-12-6-9(2-3-11(12)13)10-7-15-16(8-10)5-4-14;/h2-3,6-8H,4-5,14H2,1H3;1H. The molecule has 0 saturated carbocycles. The fourth-order valence-electron chi connectivity index (χ4n) is 1.61. The third-order valence-electron chi connectivity index (χ3n) is 2.48. The zero-order valence-electron chi connectivity index (χ0n) is 9.97. The van der Waals surface area contributed by atoms with Gasteiger partial charge in [0.05, 0.1) is 24.9 Å². The molecule has 2 rings (SSSR count). The smallest absolute Gasteiger partial charge is 0.138 e. The second-order valence-electron chi connectivity index (χ2n) is 3.63. The first-order valence-corrected chi connectivity index (χ1v) is 5.69. The molecule has 0 aliphatic heterocycles. The number of hydrogen-bond donors (Lipinski definition) is 1. The Balaban J connectivity index is 0.00000162. The summed E-state index contributed by atoms with van der Waals surface area (Å²) in [4.78, 5) is 0. The first-order chi connectivity index (χ1) is 8.24. The predicted molar refractivity (Wildman–Crippen MR) is 75.5 cm³/mol. The summed E-state index contributed by atoms with van der Waals surface area (Å²) >= 11 is 5.98. The van der Waals surface area contributed by atoms with Gasteiger partial charge in [-0.2, -0.15) is 5.10 Å². The van der Waals surface area contributed by atoms with Gasteiger partial charge in [0.15, 0.2) is 0 Å². The summed E-state index contributed by atoms with van der Waals surface area (Å²) in [6, 6.07) is 5.65. The number of methoxy groups -OCH3 is 1. The lowest BCUT2D eigenvalue weighted by atomic mass is 10.1. The Kier molecular flexibility index (Phi) is 5.47. The monoisotopic (exact) mass is 287 g/mol. The van der Waals surface area contributed by atoms with E-state index in [2.05, 4.69) is 5.10 Å². The molecule has 0 saturated heterocycles.